The number of rotatable bonds is 3. The molecule has 0 aromatic heterocycles. The second-order valence-corrected chi connectivity index (χ2v) is 6.46. The minimum absolute atomic E-state index is 0. The van der Waals surface area contributed by atoms with Crippen LogP contribution in [0.2, 0.25) is 0 Å². The van der Waals surface area contributed by atoms with Gasteiger partial charge in [0.2, 0.25) is 0 Å². The molecule has 4 heteroatoms. The van der Waals surface area contributed by atoms with E-state index in [1.54, 1.807) is 0 Å². The van der Waals surface area contributed by atoms with E-state index in [4.69, 9.17) is 0 Å². The molecule has 2 atom stereocenters. The van der Waals surface area contributed by atoms with Crippen molar-refractivity contribution in [3.63, 3.8) is 0 Å². The zero-order valence-electron chi connectivity index (χ0n) is 12.3. The topological polar surface area (TPSA) is 18.5 Å². The van der Waals surface area contributed by atoms with Gasteiger partial charge < -0.3 is 10.2 Å². The Balaban J connectivity index is 0.00000133. The average Bonchev–Trinajstić information content (AvgIpc) is 2.66. The van der Waals surface area contributed by atoms with Gasteiger partial charge in [0, 0.05) is 25.2 Å². The van der Waals surface area contributed by atoms with Crippen LogP contribution in [-0.2, 0) is 0 Å². The van der Waals surface area contributed by atoms with Crippen LogP contribution in [0.3, 0.4) is 0 Å². The van der Waals surface area contributed by atoms with Gasteiger partial charge in [0.25, 0.3) is 0 Å². The fraction of sp³-hybridized carbons (Fsp3) is 1.00. The first-order valence-corrected chi connectivity index (χ1v) is 8.05. The van der Waals surface area contributed by atoms with Crippen molar-refractivity contribution in [3.05, 3.63) is 0 Å². The van der Waals surface area contributed by atoms with Gasteiger partial charge >= 0.3 is 0 Å². The highest BCUT2D eigenvalue weighted by molar-refractivity contribution is 5.85. The van der Waals surface area contributed by atoms with E-state index in [9.17, 15) is 0 Å². The van der Waals surface area contributed by atoms with Crippen molar-refractivity contribution < 1.29 is 0 Å². The molecule has 0 spiro atoms. The molecule has 3 fully saturated rings. The number of nitrogens with one attached hydrogen (secondary N) is 1. The van der Waals surface area contributed by atoms with Crippen LogP contribution in [-0.4, -0.2) is 61.2 Å². The molecule has 3 rings (SSSR count). The molecule has 0 radical (unpaired) electrons. The van der Waals surface area contributed by atoms with Crippen LogP contribution in [0.25, 0.3) is 0 Å². The summed E-state index contributed by atoms with van der Waals surface area (Å²) in [5.74, 6) is 0.961. The van der Waals surface area contributed by atoms with E-state index in [1.165, 1.54) is 71.4 Å². The molecule has 3 aliphatic heterocycles. The molecule has 0 amide bonds. The fourth-order valence-electron chi connectivity index (χ4n) is 4.19. The number of fused-ring (bicyclic) bond motifs is 2. The van der Waals surface area contributed by atoms with Gasteiger partial charge in [0.15, 0.2) is 0 Å². The van der Waals surface area contributed by atoms with E-state index in [1.807, 2.05) is 0 Å². The van der Waals surface area contributed by atoms with Gasteiger partial charge in [-0.05, 0) is 64.2 Å². The number of likely N-dealkylation sites (tertiary alicyclic amines) is 1. The molecule has 112 valence electrons. The summed E-state index contributed by atoms with van der Waals surface area (Å²) in [7, 11) is 0. The van der Waals surface area contributed by atoms with Gasteiger partial charge in [-0.1, -0.05) is 6.92 Å². The van der Waals surface area contributed by atoms with E-state index in [0.29, 0.717) is 0 Å². The SMILES string of the molecule is CCN1CCC2CCC(C1)N2CC1CCNCC1.Cl. The summed E-state index contributed by atoms with van der Waals surface area (Å²) < 4.78 is 0. The largest absolute Gasteiger partial charge is 0.317 e. The number of halogens is 1. The quantitative estimate of drug-likeness (QED) is 0.856. The third-order valence-corrected chi connectivity index (χ3v) is 5.39. The molecule has 0 saturated carbocycles. The van der Waals surface area contributed by atoms with Crippen molar-refractivity contribution >= 4 is 12.4 Å². The Morgan fingerprint density at radius 3 is 2.47 bits per heavy atom. The molecular formula is C15H30ClN3. The molecule has 0 aliphatic carbocycles. The van der Waals surface area contributed by atoms with Crippen LogP contribution < -0.4 is 5.32 Å². The smallest absolute Gasteiger partial charge is 0.0226 e. The predicted octanol–water partition coefficient (Wildman–Crippen LogP) is 1.97. The Labute approximate surface area is 124 Å². The molecule has 2 unspecified atom stereocenters. The second kappa shape index (κ2) is 7.26. The minimum Gasteiger partial charge on any atom is -0.317 e. The van der Waals surface area contributed by atoms with Gasteiger partial charge in [-0.25, -0.2) is 0 Å². The highest BCUT2D eigenvalue weighted by Gasteiger charge is 2.37. The lowest BCUT2D eigenvalue weighted by atomic mass is 9.97. The lowest BCUT2D eigenvalue weighted by Gasteiger charge is -2.34. The third-order valence-electron chi connectivity index (χ3n) is 5.39. The maximum absolute atomic E-state index is 3.49. The van der Waals surface area contributed by atoms with Crippen LogP contribution in [0, 0.1) is 5.92 Å². The normalized spacial score (nSPS) is 33.9. The summed E-state index contributed by atoms with van der Waals surface area (Å²) >= 11 is 0. The van der Waals surface area contributed by atoms with E-state index in [2.05, 4.69) is 22.0 Å². The van der Waals surface area contributed by atoms with Gasteiger partial charge in [0.05, 0.1) is 0 Å². The maximum atomic E-state index is 3.49. The molecule has 3 heterocycles. The summed E-state index contributed by atoms with van der Waals surface area (Å²) in [6.45, 7) is 10.1. The average molecular weight is 288 g/mol. The predicted molar refractivity (Wildman–Crippen MR) is 83.1 cm³/mol. The van der Waals surface area contributed by atoms with E-state index >= 15 is 0 Å². The molecule has 0 aromatic carbocycles. The standard InChI is InChI=1S/C15H29N3.ClH/c1-2-17-10-7-14-3-4-15(12-17)18(14)11-13-5-8-16-9-6-13;/h13-16H,2-12H2,1H3;1H. The first kappa shape index (κ1) is 15.6. The van der Waals surface area contributed by atoms with Gasteiger partial charge in [-0.15, -0.1) is 12.4 Å². The van der Waals surface area contributed by atoms with Crippen LogP contribution >= 0.6 is 12.4 Å². The van der Waals surface area contributed by atoms with Crippen molar-refractivity contribution in [2.45, 2.75) is 51.1 Å². The van der Waals surface area contributed by atoms with Crippen molar-refractivity contribution in [1.29, 1.82) is 0 Å². The molecular weight excluding hydrogens is 258 g/mol. The molecule has 3 nitrogen and oxygen atoms in total. The zero-order valence-corrected chi connectivity index (χ0v) is 13.1. The molecule has 3 aliphatic rings. The Morgan fingerprint density at radius 2 is 1.74 bits per heavy atom. The summed E-state index contributed by atoms with van der Waals surface area (Å²) in [6.07, 6.45) is 7.12. The lowest BCUT2D eigenvalue weighted by molar-refractivity contribution is 0.146. The van der Waals surface area contributed by atoms with Crippen molar-refractivity contribution in [2.24, 2.45) is 5.92 Å². The highest BCUT2D eigenvalue weighted by Crippen LogP contribution is 2.31. The second-order valence-electron chi connectivity index (χ2n) is 6.46. The fourth-order valence-corrected chi connectivity index (χ4v) is 4.19. The molecule has 2 bridgehead atoms. The van der Waals surface area contributed by atoms with Gasteiger partial charge in [-0.2, -0.15) is 0 Å². The number of hydrogen-bond acceptors (Lipinski definition) is 3. The Kier molecular flexibility index (Phi) is 5.94. The summed E-state index contributed by atoms with van der Waals surface area (Å²) in [5, 5.41) is 3.49. The van der Waals surface area contributed by atoms with E-state index < -0.39 is 0 Å². The molecule has 3 saturated heterocycles. The van der Waals surface area contributed by atoms with Crippen LogP contribution in [0.1, 0.15) is 39.0 Å². The summed E-state index contributed by atoms with van der Waals surface area (Å²) in [6, 6.07) is 1.77. The van der Waals surface area contributed by atoms with E-state index in [-0.39, 0.29) is 12.4 Å². The number of nitrogens with zero attached hydrogens (tertiary/aromatic N) is 2. The lowest BCUT2D eigenvalue weighted by Crippen LogP contribution is -2.43. The molecule has 0 aromatic rings. The third kappa shape index (κ3) is 3.63. The number of likely N-dealkylation sites (N-methyl/N-ethyl adjacent to an activating group) is 1. The Bertz CT molecular complexity index is 268. The number of piperidine rings is 1. The van der Waals surface area contributed by atoms with Gasteiger partial charge in [-0.3, -0.25) is 4.90 Å². The van der Waals surface area contributed by atoms with Crippen molar-refractivity contribution in [2.75, 3.05) is 39.3 Å². The summed E-state index contributed by atoms with van der Waals surface area (Å²) in [4.78, 5) is 5.56. The highest BCUT2D eigenvalue weighted by atomic mass is 35.5. The van der Waals surface area contributed by atoms with Crippen LogP contribution in [0.5, 0.6) is 0 Å². The van der Waals surface area contributed by atoms with Crippen molar-refractivity contribution in [1.82, 2.24) is 15.1 Å². The first-order valence-electron chi connectivity index (χ1n) is 8.05. The Hall–Kier alpha value is 0.170. The van der Waals surface area contributed by atoms with Crippen LogP contribution in [0.15, 0.2) is 0 Å². The molecule has 1 N–H and O–H groups in total. The van der Waals surface area contributed by atoms with Crippen molar-refractivity contribution in [3.8, 4) is 0 Å². The monoisotopic (exact) mass is 287 g/mol. The minimum atomic E-state index is 0. The van der Waals surface area contributed by atoms with Gasteiger partial charge in [0.1, 0.15) is 0 Å². The zero-order chi connectivity index (χ0) is 12.4. The first-order chi connectivity index (χ1) is 8.86. The van der Waals surface area contributed by atoms with E-state index in [0.717, 1.165) is 18.0 Å². The summed E-state index contributed by atoms with van der Waals surface area (Å²) in [5.41, 5.74) is 0. The Morgan fingerprint density at radius 1 is 1.00 bits per heavy atom. The number of hydrogen-bond donors (Lipinski definition) is 1. The maximum Gasteiger partial charge on any atom is 0.0226 e. The van der Waals surface area contributed by atoms with Crippen LogP contribution in [0.4, 0.5) is 0 Å². The molecule has 19 heavy (non-hydrogen) atoms.